The number of carbonyl (C=O) groups excluding carboxylic acids is 3. The predicted molar refractivity (Wildman–Crippen MR) is 105 cm³/mol. The zero-order chi connectivity index (χ0) is 20.4. The number of rotatable bonds is 6. The normalized spacial score (nSPS) is 12.8. The molecule has 0 spiro atoms. The van der Waals surface area contributed by atoms with E-state index >= 15 is 0 Å². The molecule has 0 bridgehead atoms. The first-order valence-electron chi connectivity index (χ1n) is 9.28. The quantitative estimate of drug-likeness (QED) is 0.510. The summed E-state index contributed by atoms with van der Waals surface area (Å²) in [7, 11) is 0. The molecule has 1 N–H and O–H groups in total. The maximum atomic E-state index is 12.4. The van der Waals surface area contributed by atoms with E-state index in [1.54, 1.807) is 18.4 Å². The maximum absolute atomic E-state index is 12.4. The van der Waals surface area contributed by atoms with Crippen molar-refractivity contribution in [2.75, 3.05) is 18.5 Å². The lowest BCUT2D eigenvalue weighted by Crippen LogP contribution is -2.25. The lowest BCUT2D eigenvalue weighted by Gasteiger charge is -2.18. The summed E-state index contributed by atoms with van der Waals surface area (Å²) in [6.07, 6.45) is 2.45. The van der Waals surface area contributed by atoms with Crippen molar-refractivity contribution in [2.24, 2.45) is 0 Å². The highest BCUT2D eigenvalue weighted by Crippen LogP contribution is 2.28. The van der Waals surface area contributed by atoms with Gasteiger partial charge < -0.3 is 19.2 Å². The van der Waals surface area contributed by atoms with Crippen LogP contribution in [-0.2, 0) is 27.2 Å². The summed E-state index contributed by atoms with van der Waals surface area (Å²) in [5, 5.41) is 3.50. The predicted octanol–water partition coefficient (Wildman–Crippen LogP) is 3.29. The first kappa shape index (κ1) is 18.7. The van der Waals surface area contributed by atoms with Crippen LogP contribution in [0.15, 0.2) is 47.1 Å². The Bertz CT molecular complexity index is 1110. The fraction of sp³-hybridized carbons (Fsp3) is 0.227. The molecule has 7 nitrogen and oxygen atoms in total. The Kier molecular flexibility index (Phi) is 5.03. The molecular weight excluding hydrogens is 374 g/mol. The number of benzene rings is 2. The van der Waals surface area contributed by atoms with Crippen LogP contribution in [0.1, 0.15) is 28.4 Å². The van der Waals surface area contributed by atoms with Crippen molar-refractivity contribution in [2.45, 2.75) is 19.8 Å². The van der Waals surface area contributed by atoms with E-state index in [9.17, 15) is 14.4 Å². The van der Waals surface area contributed by atoms with E-state index in [0.717, 1.165) is 23.0 Å². The number of esters is 1. The third-order valence-electron chi connectivity index (χ3n) is 4.76. The summed E-state index contributed by atoms with van der Waals surface area (Å²) in [6, 6.07) is 10.6. The largest absolute Gasteiger partial charge is 0.482 e. The molecule has 1 aliphatic heterocycles. The van der Waals surface area contributed by atoms with Crippen LogP contribution >= 0.6 is 0 Å². The van der Waals surface area contributed by atoms with Gasteiger partial charge in [0.1, 0.15) is 11.3 Å². The molecule has 7 heteroatoms. The van der Waals surface area contributed by atoms with Crippen LogP contribution in [-0.4, -0.2) is 30.9 Å². The highest BCUT2D eigenvalue weighted by Gasteiger charge is 2.19. The Hall–Kier alpha value is -3.61. The van der Waals surface area contributed by atoms with Crippen LogP contribution < -0.4 is 10.1 Å². The number of fused-ring (bicyclic) bond motifs is 2. The Morgan fingerprint density at radius 1 is 1.17 bits per heavy atom. The third kappa shape index (κ3) is 3.99. The van der Waals surface area contributed by atoms with Crippen molar-refractivity contribution in [3.8, 4) is 5.75 Å². The number of aryl methyl sites for hydroxylation is 1. The molecule has 0 fully saturated rings. The Balaban J connectivity index is 1.38. The summed E-state index contributed by atoms with van der Waals surface area (Å²) in [4.78, 5) is 36.0. The van der Waals surface area contributed by atoms with Crippen molar-refractivity contribution in [3.63, 3.8) is 0 Å². The molecule has 4 rings (SSSR count). The molecule has 0 unspecified atom stereocenters. The van der Waals surface area contributed by atoms with Gasteiger partial charge in [0, 0.05) is 16.5 Å². The number of ether oxygens (including phenoxy) is 2. The van der Waals surface area contributed by atoms with E-state index in [2.05, 4.69) is 12.2 Å². The summed E-state index contributed by atoms with van der Waals surface area (Å²) < 4.78 is 15.9. The molecule has 2 aromatic carbocycles. The average Bonchev–Trinajstić information content (AvgIpc) is 3.13. The molecule has 0 radical (unpaired) electrons. The van der Waals surface area contributed by atoms with Gasteiger partial charge in [0.15, 0.2) is 19.0 Å². The van der Waals surface area contributed by atoms with E-state index in [-0.39, 0.29) is 31.3 Å². The Morgan fingerprint density at radius 3 is 2.86 bits per heavy atom. The van der Waals surface area contributed by atoms with Gasteiger partial charge in [-0.2, -0.15) is 0 Å². The molecule has 2 heterocycles. The molecule has 0 aliphatic carbocycles. The van der Waals surface area contributed by atoms with E-state index in [4.69, 9.17) is 13.9 Å². The highest BCUT2D eigenvalue weighted by molar-refractivity contribution is 6.01. The van der Waals surface area contributed by atoms with Crippen molar-refractivity contribution < 1.29 is 28.3 Å². The van der Waals surface area contributed by atoms with Crippen molar-refractivity contribution >= 4 is 34.3 Å². The van der Waals surface area contributed by atoms with Gasteiger partial charge in [-0.15, -0.1) is 0 Å². The zero-order valence-electron chi connectivity index (χ0n) is 15.8. The molecule has 148 valence electrons. The molecule has 0 saturated carbocycles. The topological polar surface area (TPSA) is 94.8 Å². The second-order valence-corrected chi connectivity index (χ2v) is 6.75. The molecule has 1 amide bonds. The second-order valence-electron chi connectivity index (χ2n) is 6.75. The van der Waals surface area contributed by atoms with Crippen LogP contribution in [0.25, 0.3) is 11.0 Å². The van der Waals surface area contributed by atoms with Gasteiger partial charge >= 0.3 is 5.97 Å². The first-order valence-corrected chi connectivity index (χ1v) is 9.28. The smallest absolute Gasteiger partial charge is 0.310 e. The third-order valence-corrected chi connectivity index (χ3v) is 4.76. The molecule has 1 aromatic heterocycles. The minimum absolute atomic E-state index is 0.0137. The van der Waals surface area contributed by atoms with E-state index < -0.39 is 5.97 Å². The Labute approximate surface area is 166 Å². The van der Waals surface area contributed by atoms with Gasteiger partial charge in [0.05, 0.1) is 18.4 Å². The molecular formula is C22H19NO6. The van der Waals surface area contributed by atoms with Crippen molar-refractivity contribution in [3.05, 3.63) is 59.4 Å². The molecule has 0 saturated heterocycles. The molecule has 3 aromatic rings. The van der Waals surface area contributed by atoms with E-state index in [1.807, 2.05) is 18.2 Å². The van der Waals surface area contributed by atoms with Gasteiger partial charge in [-0.1, -0.05) is 19.1 Å². The number of furan rings is 1. The van der Waals surface area contributed by atoms with Crippen LogP contribution in [0.5, 0.6) is 5.75 Å². The van der Waals surface area contributed by atoms with Gasteiger partial charge in [0.25, 0.3) is 5.91 Å². The van der Waals surface area contributed by atoms with Gasteiger partial charge in [-0.3, -0.25) is 14.4 Å². The fourth-order valence-electron chi connectivity index (χ4n) is 3.18. The van der Waals surface area contributed by atoms with E-state index in [1.165, 1.54) is 6.07 Å². The number of hydrogen-bond donors (Lipinski definition) is 1. The monoisotopic (exact) mass is 393 g/mol. The SMILES string of the molecule is CCc1ccc2c(CC(=O)OCC(=O)c3ccc4c(c3)NC(=O)CO4)coc2c1. The van der Waals surface area contributed by atoms with Gasteiger partial charge in [-0.05, 0) is 36.2 Å². The fourth-order valence-corrected chi connectivity index (χ4v) is 3.18. The van der Waals surface area contributed by atoms with Crippen LogP contribution in [0.3, 0.4) is 0 Å². The second kappa shape index (κ2) is 7.79. The number of nitrogens with one attached hydrogen (secondary N) is 1. The maximum Gasteiger partial charge on any atom is 0.310 e. The molecule has 29 heavy (non-hydrogen) atoms. The minimum atomic E-state index is -0.518. The number of ketones is 1. The zero-order valence-corrected chi connectivity index (χ0v) is 15.8. The summed E-state index contributed by atoms with van der Waals surface area (Å²) in [6.45, 7) is 1.62. The Morgan fingerprint density at radius 2 is 2.03 bits per heavy atom. The molecule has 0 atom stereocenters. The lowest BCUT2D eigenvalue weighted by atomic mass is 10.1. The van der Waals surface area contributed by atoms with Crippen LogP contribution in [0.4, 0.5) is 5.69 Å². The minimum Gasteiger partial charge on any atom is -0.482 e. The van der Waals surface area contributed by atoms with Gasteiger partial charge in [0.2, 0.25) is 0 Å². The molecule has 1 aliphatic rings. The number of carbonyl (C=O) groups is 3. The highest BCUT2D eigenvalue weighted by atomic mass is 16.5. The first-order chi connectivity index (χ1) is 14.0. The number of amides is 1. The summed E-state index contributed by atoms with van der Waals surface area (Å²) >= 11 is 0. The summed E-state index contributed by atoms with van der Waals surface area (Å²) in [5.41, 5.74) is 3.34. The average molecular weight is 393 g/mol. The standard InChI is InChI=1S/C22H19NO6/c1-2-13-3-5-16-15(10-27-20(16)7-13)9-22(26)29-11-18(24)14-4-6-19-17(8-14)23-21(25)12-28-19/h3-8,10H,2,9,11-12H2,1H3,(H,23,25). The number of hydrogen-bond acceptors (Lipinski definition) is 6. The van der Waals surface area contributed by atoms with Crippen molar-refractivity contribution in [1.82, 2.24) is 0 Å². The van der Waals surface area contributed by atoms with Crippen LogP contribution in [0, 0.1) is 0 Å². The number of anilines is 1. The van der Waals surface area contributed by atoms with Gasteiger partial charge in [-0.25, -0.2) is 0 Å². The summed E-state index contributed by atoms with van der Waals surface area (Å²) in [5.74, 6) is -0.677. The van der Waals surface area contributed by atoms with Crippen molar-refractivity contribution in [1.29, 1.82) is 0 Å². The van der Waals surface area contributed by atoms with E-state index in [0.29, 0.717) is 22.6 Å². The number of Topliss-reactive ketones (excluding diaryl/α,β-unsaturated/α-hetero) is 1. The lowest BCUT2D eigenvalue weighted by molar-refractivity contribution is -0.141. The van der Waals surface area contributed by atoms with Crippen LogP contribution in [0.2, 0.25) is 0 Å².